The molecule has 0 saturated carbocycles. The van der Waals surface area contributed by atoms with Gasteiger partial charge in [0.1, 0.15) is 6.10 Å². The molecule has 126 valence electrons. The van der Waals surface area contributed by atoms with Crippen molar-refractivity contribution in [3.05, 3.63) is 66.2 Å². The van der Waals surface area contributed by atoms with Crippen molar-refractivity contribution in [2.75, 3.05) is 37.6 Å². The van der Waals surface area contributed by atoms with Gasteiger partial charge in [-0.05, 0) is 18.6 Å². The van der Waals surface area contributed by atoms with Crippen molar-refractivity contribution in [1.82, 2.24) is 4.90 Å². The average Bonchev–Trinajstić information content (AvgIpc) is 2.67. The summed E-state index contributed by atoms with van der Waals surface area (Å²) in [5.41, 5.74) is 1.84. The molecule has 1 N–H and O–H groups in total. The Kier molecular flexibility index (Phi) is 5.62. The van der Waals surface area contributed by atoms with E-state index in [0.29, 0.717) is 12.0 Å². The zero-order valence-electron chi connectivity index (χ0n) is 13.8. The van der Waals surface area contributed by atoms with Crippen molar-refractivity contribution in [2.24, 2.45) is 0 Å². The maximum absolute atomic E-state index is 12.2. The molecule has 1 heterocycles. The number of nitrogens with zero attached hydrogens (tertiary/aromatic N) is 2. The van der Waals surface area contributed by atoms with Crippen LogP contribution in [0.15, 0.2) is 60.7 Å². The van der Waals surface area contributed by atoms with Gasteiger partial charge in [0, 0.05) is 44.0 Å². The molecule has 0 aromatic heterocycles. The van der Waals surface area contributed by atoms with Crippen LogP contribution in [0.25, 0.3) is 0 Å². The van der Waals surface area contributed by atoms with E-state index in [-0.39, 0.29) is 5.78 Å². The Balaban J connectivity index is 1.44. The fraction of sp³-hybridized carbons (Fsp3) is 0.350. The van der Waals surface area contributed by atoms with Crippen molar-refractivity contribution in [2.45, 2.75) is 12.5 Å². The molecule has 0 amide bonds. The van der Waals surface area contributed by atoms with Crippen LogP contribution in [-0.2, 0) is 0 Å². The van der Waals surface area contributed by atoms with Crippen molar-refractivity contribution in [1.29, 1.82) is 0 Å². The summed E-state index contributed by atoms with van der Waals surface area (Å²) in [4.78, 5) is 16.9. The summed E-state index contributed by atoms with van der Waals surface area (Å²) in [6.07, 6.45) is -0.432. The molecule has 0 bridgehead atoms. The predicted molar refractivity (Wildman–Crippen MR) is 96.5 cm³/mol. The van der Waals surface area contributed by atoms with Crippen LogP contribution in [0.1, 0.15) is 16.8 Å². The van der Waals surface area contributed by atoms with E-state index in [1.54, 1.807) is 12.1 Å². The lowest BCUT2D eigenvalue weighted by atomic mass is 10.0. The van der Waals surface area contributed by atoms with Gasteiger partial charge in [0.15, 0.2) is 5.78 Å². The van der Waals surface area contributed by atoms with E-state index in [1.807, 2.05) is 24.3 Å². The van der Waals surface area contributed by atoms with Gasteiger partial charge in [0.05, 0.1) is 0 Å². The van der Waals surface area contributed by atoms with Crippen molar-refractivity contribution < 1.29 is 9.90 Å². The zero-order valence-corrected chi connectivity index (χ0v) is 13.8. The van der Waals surface area contributed by atoms with E-state index in [1.165, 1.54) is 5.69 Å². The van der Waals surface area contributed by atoms with Crippen LogP contribution in [-0.4, -0.2) is 54.6 Å². The van der Waals surface area contributed by atoms with Gasteiger partial charge in [-0.1, -0.05) is 48.5 Å². The van der Waals surface area contributed by atoms with E-state index in [9.17, 15) is 9.90 Å². The maximum Gasteiger partial charge on any atom is 0.191 e. The molecule has 4 heteroatoms. The number of piperazine rings is 1. The van der Waals surface area contributed by atoms with Crippen LogP contribution in [0.2, 0.25) is 0 Å². The summed E-state index contributed by atoms with van der Waals surface area (Å²) >= 11 is 0. The first kappa shape index (κ1) is 16.7. The normalized spacial score (nSPS) is 16.8. The van der Waals surface area contributed by atoms with E-state index >= 15 is 0 Å². The molecule has 1 aliphatic rings. The van der Waals surface area contributed by atoms with Gasteiger partial charge in [-0.25, -0.2) is 0 Å². The summed E-state index contributed by atoms with van der Waals surface area (Å²) < 4.78 is 0. The van der Waals surface area contributed by atoms with Gasteiger partial charge in [0.2, 0.25) is 0 Å². The largest absolute Gasteiger partial charge is 0.385 e. The Labute approximate surface area is 143 Å². The predicted octanol–water partition coefficient (Wildman–Crippen LogP) is 2.44. The molecule has 1 aliphatic heterocycles. The quantitative estimate of drug-likeness (QED) is 0.829. The van der Waals surface area contributed by atoms with Crippen LogP contribution >= 0.6 is 0 Å². The van der Waals surface area contributed by atoms with E-state index in [4.69, 9.17) is 0 Å². The standard InChI is InChI=1S/C20H24N2O2/c23-19(20(24)17-7-3-1-4-8-17)11-12-21-13-15-22(16-14-21)18-9-5-2-6-10-18/h1-10,19,23H,11-16H2. The minimum atomic E-state index is -0.917. The Hall–Kier alpha value is -2.17. The molecule has 1 fully saturated rings. The highest BCUT2D eigenvalue weighted by Gasteiger charge is 2.21. The van der Waals surface area contributed by atoms with Gasteiger partial charge in [0.25, 0.3) is 0 Å². The molecule has 2 aromatic carbocycles. The Bertz CT molecular complexity index is 637. The van der Waals surface area contributed by atoms with Crippen LogP contribution in [0.4, 0.5) is 5.69 Å². The van der Waals surface area contributed by atoms with Gasteiger partial charge in [-0.3, -0.25) is 9.69 Å². The first-order valence-corrected chi connectivity index (χ1v) is 8.54. The first-order valence-electron chi connectivity index (χ1n) is 8.54. The number of hydrogen-bond acceptors (Lipinski definition) is 4. The Morgan fingerprint density at radius 2 is 1.50 bits per heavy atom. The molecule has 0 spiro atoms. The summed E-state index contributed by atoms with van der Waals surface area (Å²) in [6, 6.07) is 19.5. The number of carbonyl (C=O) groups is 1. The Morgan fingerprint density at radius 1 is 0.917 bits per heavy atom. The zero-order chi connectivity index (χ0) is 16.8. The number of carbonyl (C=O) groups excluding carboxylic acids is 1. The van der Waals surface area contributed by atoms with Crippen molar-refractivity contribution >= 4 is 11.5 Å². The second kappa shape index (κ2) is 8.08. The van der Waals surface area contributed by atoms with Crippen LogP contribution in [0.5, 0.6) is 0 Å². The number of hydrogen-bond donors (Lipinski definition) is 1. The molecular weight excluding hydrogens is 300 g/mol. The van der Waals surface area contributed by atoms with Gasteiger partial charge in [-0.15, -0.1) is 0 Å². The molecule has 1 unspecified atom stereocenters. The Morgan fingerprint density at radius 3 is 2.12 bits per heavy atom. The SMILES string of the molecule is O=C(c1ccccc1)C(O)CCN1CCN(c2ccccc2)CC1. The highest BCUT2D eigenvalue weighted by molar-refractivity contribution is 5.99. The number of aliphatic hydroxyl groups is 1. The number of para-hydroxylation sites is 1. The second-order valence-electron chi connectivity index (χ2n) is 6.20. The number of aliphatic hydroxyl groups excluding tert-OH is 1. The molecule has 1 atom stereocenters. The minimum absolute atomic E-state index is 0.182. The number of anilines is 1. The van der Waals surface area contributed by atoms with Gasteiger partial charge >= 0.3 is 0 Å². The molecule has 24 heavy (non-hydrogen) atoms. The fourth-order valence-corrected chi connectivity index (χ4v) is 3.10. The molecule has 4 nitrogen and oxygen atoms in total. The highest BCUT2D eigenvalue weighted by atomic mass is 16.3. The topological polar surface area (TPSA) is 43.8 Å². The first-order chi connectivity index (χ1) is 11.7. The molecule has 0 radical (unpaired) electrons. The lowest BCUT2D eigenvalue weighted by molar-refractivity contribution is 0.0700. The average molecular weight is 324 g/mol. The monoisotopic (exact) mass is 324 g/mol. The summed E-state index contributed by atoms with van der Waals surface area (Å²) in [5, 5.41) is 10.1. The third-order valence-electron chi connectivity index (χ3n) is 4.57. The van der Waals surface area contributed by atoms with Gasteiger partial charge < -0.3 is 10.0 Å². The number of Topliss-reactive ketones (excluding diaryl/α,β-unsaturated/α-hetero) is 1. The lowest BCUT2D eigenvalue weighted by Crippen LogP contribution is -2.47. The van der Waals surface area contributed by atoms with Gasteiger partial charge in [-0.2, -0.15) is 0 Å². The number of ketones is 1. The maximum atomic E-state index is 12.2. The molecule has 3 rings (SSSR count). The molecular formula is C20H24N2O2. The molecule has 2 aromatic rings. The second-order valence-corrected chi connectivity index (χ2v) is 6.20. The number of benzene rings is 2. The summed E-state index contributed by atoms with van der Waals surface area (Å²) in [7, 11) is 0. The lowest BCUT2D eigenvalue weighted by Gasteiger charge is -2.36. The van der Waals surface area contributed by atoms with E-state index < -0.39 is 6.10 Å². The minimum Gasteiger partial charge on any atom is -0.385 e. The summed E-state index contributed by atoms with van der Waals surface area (Å²) in [6.45, 7) is 4.63. The highest BCUT2D eigenvalue weighted by Crippen LogP contribution is 2.16. The third-order valence-corrected chi connectivity index (χ3v) is 4.57. The molecule has 0 aliphatic carbocycles. The van der Waals surface area contributed by atoms with Crippen molar-refractivity contribution in [3.63, 3.8) is 0 Å². The van der Waals surface area contributed by atoms with E-state index in [2.05, 4.69) is 34.1 Å². The summed E-state index contributed by atoms with van der Waals surface area (Å²) in [5.74, 6) is -0.182. The van der Waals surface area contributed by atoms with E-state index in [0.717, 1.165) is 32.7 Å². The fourth-order valence-electron chi connectivity index (χ4n) is 3.10. The molecule has 1 saturated heterocycles. The third kappa shape index (κ3) is 4.22. The number of rotatable bonds is 6. The smallest absolute Gasteiger partial charge is 0.191 e. The van der Waals surface area contributed by atoms with Crippen LogP contribution in [0, 0.1) is 0 Å². The van der Waals surface area contributed by atoms with Crippen molar-refractivity contribution in [3.8, 4) is 0 Å². The van der Waals surface area contributed by atoms with Crippen LogP contribution < -0.4 is 4.90 Å². The van der Waals surface area contributed by atoms with Crippen LogP contribution in [0.3, 0.4) is 0 Å².